The summed E-state index contributed by atoms with van der Waals surface area (Å²) in [5.41, 5.74) is 1.16. The van der Waals surface area contributed by atoms with Gasteiger partial charge in [0.05, 0.1) is 0 Å². The molecule has 21 heavy (non-hydrogen) atoms. The fraction of sp³-hybridized carbons (Fsp3) is 0.286. The van der Waals surface area contributed by atoms with Crippen LogP contribution in [-0.2, 0) is 4.79 Å². The summed E-state index contributed by atoms with van der Waals surface area (Å²) in [5, 5.41) is 16.3. The number of rotatable bonds is 5. The number of hydrogen-bond acceptors (Lipinski definition) is 5. The first kappa shape index (κ1) is 13.3. The van der Waals surface area contributed by atoms with E-state index in [1.54, 1.807) is 24.3 Å². The molecule has 1 aliphatic rings. The maximum Gasteiger partial charge on any atom is 0.323 e. The van der Waals surface area contributed by atoms with E-state index in [1.165, 1.54) is 11.3 Å². The molecule has 0 unspecified atom stereocenters. The van der Waals surface area contributed by atoms with Gasteiger partial charge >= 0.3 is 5.97 Å². The second-order valence-electron chi connectivity index (χ2n) is 4.88. The minimum Gasteiger partial charge on any atom is -0.480 e. The van der Waals surface area contributed by atoms with E-state index in [9.17, 15) is 9.59 Å². The summed E-state index contributed by atoms with van der Waals surface area (Å²) in [6, 6.07) is 6.72. The number of aromatic nitrogens is 2. The molecule has 0 saturated heterocycles. The Morgan fingerprint density at radius 2 is 2.00 bits per heavy atom. The van der Waals surface area contributed by atoms with E-state index < -0.39 is 5.97 Å². The number of carboxylic acid groups (broad SMARTS) is 1. The summed E-state index contributed by atoms with van der Waals surface area (Å²) >= 11 is 0. The fourth-order valence-electron chi connectivity index (χ4n) is 2.12. The molecule has 1 fully saturated rings. The second-order valence-corrected chi connectivity index (χ2v) is 4.88. The van der Waals surface area contributed by atoms with Gasteiger partial charge in [0.1, 0.15) is 6.54 Å². The van der Waals surface area contributed by atoms with Gasteiger partial charge in [-0.3, -0.25) is 9.59 Å². The Morgan fingerprint density at radius 3 is 2.52 bits per heavy atom. The van der Waals surface area contributed by atoms with Crippen LogP contribution in [0, 0.1) is 0 Å². The van der Waals surface area contributed by atoms with E-state index in [0.717, 1.165) is 12.8 Å². The lowest BCUT2D eigenvalue weighted by atomic mass is 10.1. The topological polar surface area (TPSA) is 96.5 Å². The van der Waals surface area contributed by atoms with E-state index in [4.69, 9.17) is 9.52 Å². The molecule has 1 amide bonds. The van der Waals surface area contributed by atoms with Gasteiger partial charge < -0.3 is 14.4 Å². The number of amides is 1. The van der Waals surface area contributed by atoms with Crippen LogP contribution in [0.15, 0.2) is 35.1 Å². The minimum absolute atomic E-state index is 0.0456. The van der Waals surface area contributed by atoms with Crippen molar-refractivity contribution in [2.75, 3.05) is 6.54 Å². The Bertz CT molecular complexity index is 647. The Balaban J connectivity index is 1.79. The molecule has 7 heteroatoms. The molecule has 3 rings (SSSR count). The summed E-state index contributed by atoms with van der Waals surface area (Å²) in [5.74, 6) is -0.895. The number of benzene rings is 1. The zero-order valence-electron chi connectivity index (χ0n) is 11.1. The lowest BCUT2D eigenvalue weighted by Crippen LogP contribution is -2.37. The monoisotopic (exact) mass is 287 g/mol. The van der Waals surface area contributed by atoms with Gasteiger partial charge in [-0.2, -0.15) is 0 Å². The maximum atomic E-state index is 12.4. The van der Waals surface area contributed by atoms with Crippen LogP contribution >= 0.6 is 0 Å². The van der Waals surface area contributed by atoms with E-state index in [-0.39, 0.29) is 18.5 Å². The summed E-state index contributed by atoms with van der Waals surface area (Å²) in [6.45, 7) is -0.269. The average Bonchev–Trinajstić information content (AvgIpc) is 3.18. The Hall–Kier alpha value is -2.70. The van der Waals surface area contributed by atoms with Crippen molar-refractivity contribution in [3.8, 4) is 11.5 Å². The van der Waals surface area contributed by atoms with Crippen LogP contribution in [0.5, 0.6) is 0 Å². The van der Waals surface area contributed by atoms with Crippen molar-refractivity contribution in [2.45, 2.75) is 18.9 Å². The number of carboxylic acids is 1. The molecule has 1 aliphatic carbocycles. The molecule has 0 bridgehead atoms. The molecule has 0 radical (unpaired) electrons. The van der Waals surface area contributed by atoms with Crippen molar-refractivity contribution in [1.29, 1.82) is 0 Å². The second kappa shape index (κ2) is 5.35. The zero-order chi connectivity index (χ0) is 14.8. The van der Waals surface area contributed by atoms with Crippen molar-refractivity contribution >= 4 is 11.9 Å². The van der Waals surface area contributed by atoms with Crippen LogP contribution in [0.2, 0.25) is 0 Å². The number of nitrogens with zero attached hydrogens (tertiary/aromatic N) is 3. The van der Waals surface area contributed by atoms with E-state index in [0.29, 0.717) is 17.0 Å². The summed E-state index contributed by atoms with van der Waals surface area (Å²) < 4.78 is 5.07. The molecule has 1 N–H and O–H groups in total. The third-order valence-electron chi connectivity index (χ3n) is 3.29. The lowest BCUT2D eigenvalue weighted by Gasteiger charge is -2.20. The zero-order valence-corrected chi connectivity index (χ0v) is 11.1. The lowest BCUT2D eigenvalue weighted by molar-refractivity contribution is -0.137. The highest BCUT2D eigenvalue weighted by Gasteiger charge is 2.34. The molecular weight excluding hydrogens is 274 g/mol. The minimum atomic E-state index is -1.00. The Labute approximate surface area is 120 Å². The quantitative estimate of drug-likeness (QED) is 0.893. The molecule has 0 spiro atoms. The molecule has 2 aromatic rings. The first-order chi connectivity index (χ1) is 10.1. The molecule has 108 valence electrons. The molecule has 1 heterocycles. The van der Waals surface area contributed by atoms with Crippen molar-refractivity contribution in [3.63, 3.8) is 0 Å². The molecule has 1 aromatic heterocycles. The normalized spacial score (nSPS) is 13.9. The van der Waals surface area contributed by atoms with Crippen LogP contribution in [-0.4, -0.2) is 44.7 Å². The fourth-order valence-corrected chi connectivity index (χ4v) is 2.12. The van der Waals surface area contributed by atoms with Gasteiger partial charge in [0.25, 0.3) is 5.91 Å². The van der Waals surface area contributed by atoms with Crippen LogP contribution in [0.4, 0.5) is 0 Å². The summed E-state index contributed by atoms with van der Waals surface area (Å²) in [6.07, 6.45) is 2.95. The SMILES string of the molecule is O=C(O)CN(C(=O)c1ccc(-c2nnco2)cc1)C1CC1. The predicted molar refractivity (Wildman–Crippen MR) is 71.4 cm³/mol. The Kier molecular flexibility index (Phi) is 3.39. The number of carbonyl (C=O) groups excluding carboxylic acids is 1. The number of aliphatic carboxylic acids is 1. The maximum absolute atomic E-state index is 12.4. The largest absolute Gasteiger partial charge is 0.480 e. The summed E-state index contributed by atoms with van der Waals surface area (Å²) in [7, 11) is 0. The smallest absolute Gasteiger partial charge is 0.323 e. The van der Waals surface area contributed by atoms with Gasteiger partial charge in [0.15, 0.2) is 0 Å². The molecule has 1 aromatic carbocycles. The van der Waals surface area contributed by atoms with Crippen LogP contribution in [0.1, 0.15) is 23.2 Å². The molecular formula is C14H13N3O4. The van der Waals surface area contributed by atoms with Gasteiger partial charge in [0.2, 0.25) is 12.3 Å². The molecule has 0 atom stereocenters. The van der Waals surface area contributed by atoms with Crippen molar-refractivity contribution < 1.29 is 19.1 Å². The van der Waals surface area contributed by atoms with Gasteiger partial charge in [-0.1, -0.05) is 0 Å². The predicted octanol–water partition coefficient (Wildman–Crippen LogP) is 1.43. The van der Waals surface area contributed by atoms with Crippen molar-refractivity contribution in [1.82, 2.24) is 15.1 Å². The van der Waals surface area contributed by atoms with Crippen LogP contribution < -0.4 is 0 Å². The van der Waals surface area contributed by atoms with Gasteiger partial charge in [-0.15, -0.1) is 10.2 Å². The van der Waals surface area contributed by atoms with E-state index in [1.807, 2.05) is 0 Å². The number of carbonyl (C=O) groups is 2. The third-order valence-corrected chi connectivity index (χ3v) is 3.29. The van der Waals surface area contributed by atoms with Crippen LogP contribution in [0.25, 0.3) is 11.5 Å². The van der Waals surface area contributed by atoms with E-state index in [2.05, 4.69) is 10.2 Å². The van der Waals surface area contributed by atoms with Crippen LogP contribution in [0.3, 0.4) is 0 Å². The molecule has 1 saturated carbocycles. The van der Waals surface area contributed by atoms with E-state index >= 15 is 0 Å². The standard InChI is InChI=1S/C14H13N3O4/c18-12(19)7-17(11-5-6-11)14(20)10-3-1-9(2-4-10)13-16-15-8-21-13/h1-4,8,11H,5-7H2,(H,18,19). The summed E-state index contributed by atoms with van der Waals surface area (Å²) in [4.78, 5) is 24.6. The van der Waals surface area contributed by atoms with Crippen molar-refractivity contribution in [3.05, 3.63) is 36.2 Å². The Morgan fingerprint density at radius 1 is 1.29 bits per heavy atom. The highest BCUT2D eigenvalue weighted by Crippen LogP contribution is 2.28. The first-order valence-corrected chi connectivity index (χ1v) is 6.54. The third kappa shape index (κ3) is 2.91. The van der Waals surface area contributed by atoms with Gasteiger partial charge in [-0.05, 0) is 37.1 Å². The molecule has 7 nitrogen and oxygen atoms in total. The highest BCUT2D eigenvalue weighted by molar-refractivity contribution is 5.96. The van der Waals surface area contributed by atoms with Crippen molar-refractivity contribution in [2.24, 2.45) is 0 Å². The number of hydrogen-bond donors (Lipinski definition) is 1. The van der Waals surface area contributed by atoms with Gasteiger partial charge in [0, 0.05) is 17.2 Å². The average molecular weight is 287 g/mol. The van der Waals surface area contributed by atoms with Gasteiger partial charge in [-0.25, -0.2) is 0 Å². The highest BCUT2D eigenvalue weighted by atomic mass is 16.4. The molecule has 0 aliphatic heterocycles. The first-order valence-electron chi connectivity index (χ1n) is 6.54.